The molecule has 0 aliphatic heterocycles. The van der Waals surface area contributed by atoms with E-state index in [2.05, 4.69) is 20.9 Å². The molecule has 0 bridgehead atoms. The molecule has 0 spiro atoms. The molecule has 1 heterocycles. The Kier molecular flexibility index (Phi) is 3.81. The highest BCUT2D eigenvalue weighted by Gasteiger charge is 2.06. The van der Waals surface area contributed by atoms with Crippen LogP contribution in [0.1, 0.15) is 5.69 Å². The number of halogens is 1. The molecule has 0 fully saturated rings. The molecule has 5 heteroatoms. The first kappa shape index (κ1) is 12.1. The van der Waals surface area contributed by atoms with Crippen LogP contribution in [0.25, 0.3) is 5.69 Å². The first-order valence-corrected chi connectivity index (χ1v) is 6.10. The number of methoxy groups -OCH3 is 1. The smallest absolute Gasteiger partial charge is 0.122 e. The van der Waals surface area contributed by atoms with Gasteiger partial charge in [0, 0.05) is 28.9 Å². The summed E-state index contributed by atoms with van der Waals surface area (Å²) in [6.45, 7) is 0.608. The molecule has 2 N–H and O–H groups in total. The van der Waals surface area contributed by atoms with E-state index in [9.17, 15) is 0 Å². The molecule has 0 radical (unpaired) electrons. The Bertz CT molecular complexity index is 510. The maximum absolute atomic E-state index is 5.58. The third-order valence-electron chi connectivity index (χ3n) is 2.49. The Morgan fingerprint density at radius 3 is 2.94 bits per heavy atom. The third kappa shape index (κ3) is 2.68. The lowest BCUT2D eigenvalue weighted by molar-refractivity contribution is 0.414. The number of hydrogen-bond acceptors (Lipinski definition) is 3. The average Bonchev–Trinajstić information content (AvgIpc) is 2.77. The van der Waals surface area contributed by atoms with E-state index in [4.69, 9.17) is 10.5 Å². The number of nitrogens with zero attached hydrogens (tertiary/aromatic N) is 2. The molecule has 1 aromatic heterocycles. The summed E-state index contributed by atoms with van der Waals surface area (Å²) < 4.78 is 8.23. The SMILES string of the molecule is COc1cc(Br)cc(-n2cncc2CCN)c1. The molecular weight excluding hydrogens is 282 g/mol. The van der Waals surface area contributed by atoms with Gasteiger partial charge in [0.05, 0.1) is 19.1 Å². The van der Waals surface area contributed by atoms with Crippen molar-refractivity contribution in [3.63, 3.8) is 0 Å². The van der Waals surface area contributed by atoms with Crippen LogP contribution >= 0.6 is 15.9 Å². The molecule has 4 nitrogen and oxygen atoms in total. The summed E-state index contributed by atoms with van der Waals surface area (Å²) in [5.41, 5.74) is 7.68. The minimum atomic E-state index is 0.608. The van der Waals surface area contributed by atoms with Gasteiger partial charge in [0.1, 0.15) is 5.75 Å². The molecule has 0 aliphatic rings. The number of imidazole rings is 1. The van der Waals surface area contributed by atoms with E-state index in [-0.39, 0.29) is 0 Å². The molecule has 90 valence electrons. The zero-order valence-electron chi connectivity index (χ0n) is 9.56. The van der Waals surface area contributed by atoms with Crippen LogP contribution < -0.4 is 10.5 Å². The number of ether oxygens (including phenoxy) is 1. The van der Waals surface area contributed by atoms with Gasteiger partial charge in [-0.05, 0) is 18.7 Å². The summed E-state index contributed by atoms with van der Waals surface area (Å²) in [5, 5.41) is 0. The largest absolute Gasteiger partial charge is 0.497 e. The fourth-order valence-corrected chi connectivity index (χ4v) is 2.15. The summed E-state index contributed by atoms with van der Waals surface area (Å²) in [6, 6.07) is 5.90. The third-order valence-corrected chi connectivity index (χ3v) is 2.94. The second kappa shape index (κ2) is 5.33. The standard InChI is InChI=1S/C12H14BrN3O/c1-17-12-5-9(13)4-11(6-12)16-8-15-7-10(16)2-3-14/h4-8H,2-3,14H2,1H3. The summed E-state index contributed by atoms with van der Waals surface area (Å²) in [5.74, 6) is 0.807. The van der Waals surface area contributed by atoms with Crippen molar-refractivity contribution in [1.82, 2.24) is 9.55 Å². The lowest BCUT2D eigenvalue weighted by atomic mass is 10.2. The van der Waals surface area contributed by atoms with E-state index < -0.39 is 0 Å². The molecule has 0 saturated heterocycles. The molecule has 2 aromatic rings. The maximum atomic E-state index is 5.58. The second-order valence-corrected chi connectivity index (χ2v) is 4.56. The van der Waals surface area contributed by atoms with Crippen LogP contribution in [0.3, 0.4) is 0 Å². The second-order valence-electron chi connectivity index (χ2n) is 3.64. The molecule has 1 aromatic carbocycles. The van der Waals surface area contributed by atoms with Crippen molar-refractivity contribution in [3.8, 4) is 11.4 Å². The summed E-state index contributed by atoms with van der Waals surface area (Å²) in [7, 11) is 1.65. The number of nitrogens with two attached hydrogens (primary N) is 1. The van der Waals surface area contributed by atoms with E-state index in [1.807, 2.05) is 29.0 Å². The Balaban J connectivity index is 2.44. The van der Waals surface area contributed by atoms with Gasteiger partial charge in [0.25, 0.3) is 0 Å². The highest BCUT2D eigenvalue weighted by atomic mass is 79.9. The van der Waals surface area contributed by atoms with Crippen LogP contribution in [0.5, 0.6) is 5.75 Å². The highest BCUT2D eigenvalue weighted by Crippen LogP contribution is 2.24. The van der Waals surface area contributed by atoms with Crippen molar-refractivity contribution in [3.05, 3.63) is 40.9 Å². The van der Waals surface area contributed by atoms with E-state index in [1.54, 1.807) is 13.4 Å². The monoisotopic (exact) mass is 295 g/mol. The van der Waals surface area contributed by atoms with Gasteiger partial charge >= 0.3 is 0 Å². The van der Waals surface area contributed by atoms with E-state index >= 15 is 0 Å². The zero-order chi connectivity index (χ0) is 12.3. The zero-order valence-corrected chi connectivity index (χ0v) is 11.1. The van der Waals surface area contributed by atoms with Crippen molar-refractivity contribution >= 4 is 15.9 Å². The van der Waals surface area contributed by atoms with Crippen LogP contribution in [0.2, 0.25) is 0 Å². The minimum Gasteiger partial charge on any atom is -0.497 e. The van der Waals surface area contributed by atoms with Gasteiger partial charge in [-0.3, -0.25) is 0 Å². The Morgan fingerprint density at radius 1 is 1.41 bits per heavy atom. The Hall–Kier alpha value is -1.33. The van der Waals surface area contributed by atoms with Gasteiger partial charge in [-0.2, -0.15) is 0 Å². The molecule has 0 unspecified atom stereocenters. The first-order valence-electron chi connectivity index (χ1n) is 5.31. The number of hydrogen-bond donors (Lipinski definition) is 1. The predicted molar refractivity (Wildman–Crippen MR) is 70.6 cm³/mol. The van der Waals surface area contributed by atoms with Crippen LogP contribution in [0.15, 0.2) is 35.2 Å². The lowest BCUT2D eigenvalue weighted by Gasteiger charge is -2.10. The van der Waals surface area contributed by atoms with Crippen molar-refractivity contribution in [2.24, 2.45) is 5.73 Å². The van der Waals surface area contributed by atoms with Crippen molar-refractivity contribution in [2.75, 3.05) is 13.7 Å². The number of rotatable bonds is 4. The van der Waals surface area contributed by atoms with Crippen LogP contribution in [0.4, 0.5) is 0 Å². The summed E-state index contributed by atoms with van der Waals surface area (Å²) >= 11 is 3.46. The van der Waals surface area contributed by atoms with Crippen LogP contribution in [0, 0.1) is 0 Å². The lowest BCUT2D eigenvalue weighted by Crippen LogP contribution is -2.07. The van der Waals surface area contributed by atoms with Gasteiger partial charge in [-0.15, -0.1) is 0 Å². The van der Waals surface area contributed by atoms with Crippen molar-refractivity contribution in [2.45, 2.75) is 6.42 Å². The summed E-state index contributed by atoms with van der Waals surface area (Å²) in [4.78, 5) is 4.15. The molecule has 17 heavy (non-hydrogen) atoms. The van der Waals surface area contributed by atoms with Gasteiger partial charge in [0.2, 0.25) is 0 Å². The van der Waals surface area contributed by atoms with Crippen molar-refractivity contribution < 1.29 is 4.74 Å². The molecule has 0 saturated carbocycles. The van der Waals surface area contributed by atoms with E-state index in [0.29, 0.717) is 6.54 Å². The molecule has 2 rings (SSSR count). The fourth-order valence-electron chi connectivity index (χ4n) is 1.69. The van der Waals surface area contributed by atoms with Crippen molar-refractivity contribution in [1.29, 1.82) is 0 Å². The average molecular weight is 296 g/mol. The highest BCUT2D eigenvalue weighted by molar-refractivity contribution is 9.10. The van der Waals surface area contributed by atoms with Gasteiger partial charge < -0.3 is 15.0 Å². The normalized spacial score (nSPS) is 10.5. The van der Waals surface area contributed by atoms with E-state index in [1.165, 1.54) is 0 Å². The number of benzene rings is 1. The predicted octanol–water partition coefficient (Wildman–Crippen LogP) is 2.14. The molecular formula is C12H14BrN3O. The quantitative estimate of drug-likeness (QED) is 0.940. The van der Waals surface area contributed by atoms with Gasteiger partial charge in [0.15, 0.2) is 0 Å². The van der Waals surface area contributed by atoms with Crippen LogP contribution in [-0.2, 0) is 6.42 Å². The molecule has 0 atom stereocenters. The molecule has 0 aliphatic carbocycles. The Morgan fingerprint density at radius 2 is 2.24 bits per heavy atom. The van der Waals surface area contributed by atoms with E-state index in [0.717, 1.165) is 28.0 Å². The minimum absolute atomic E-state index is 0.608. The van der Waals surface area contributed by atoms with Gasteiger partial charge in [-0.1, -0.05) is 15.9 Å². The van der Waals surface area contributed by atoms with Gasteiger partial charge in [-0.25, -0.2) is 4.98 Å². The summed E-state index contributed by atoms with van der Waals surface area (Å²) in [6.07, 6.45) is 4.42. The number of aromatic nitrogens is 2. The molecule has 0 amide bonds. The fraction of sp³-hybridized carbons (Fsp3) is 0.250. The topological polar surface area (TPSA) is 53.1 Å². The Labute approximate surface area is 109 Å². The van der Waals surface area contributed by atoms with Crippen LogP contribution in [-0.4, -0.2) is 23.2 Å². The first-order chi connectivity index (χ1) is 8.24. The maximum Gasteiger partial charge on any atom is 0.122 e.